The summed E-state index contributed by atoms with van der Waals surface area (Å²) in [4.78, 5) is 14.1. The van der Waals surface area contributed by atoms with E-state index in [-0.39, 0.29) is 11.4 Å². The molecule has 6 nitrogen and oxygen atoms in total. The third-order valence-electron chi connectivity index (χ3n) is 1.66. The highest BCUT2D eigenvalue weighted by Crippen LogP contribution is 2.16. The normalized spacial score (nSPS) is 14.7. The lowest BCUT2D eigenvalue weighted by molar-refractivity contribution is -0.132. The molecule has 0 radical (unpaired) electrons. The van der Waals surface area contributed by atoms with Crippen molar-refractivity contribution >= 4 is 5.91 Å². The second-order valence-corrected chi connectivity index (χ2v) is 2.73. The Kier molecular flexibility index (Phi) is 3.00. The van der Waals surface area contributed by atoms with Gasteiger partial charge in [-0.05, 0) is 12.1 Å². The molecule has 14 heavy (non-hydrogen) atoms. The van der Waals surface area contributed by atoms with Crippen molar-refractivity contribution in [1.82, 2.24) is 4.98 Å². The molecular weight excluding hydrogens is 188 g/mol. The quantitative estimate of drug-likeness (QED) is 0.480. The first-order valence-electron chi connectivity index (χ1n) is 3.82. The molecule has 1 amide bonds. The first-order valence-corrected chi connectivity index (χ1v) is 3.82. The van der Waals surface area contributed by atoms with Crippen LogP contribution >= 0.6 is 0 Å². The van der Waals surface area contributed by atoms with E-state index in [1.54, 1.807) is 0 Å². The number of carbonyl (C=O) groups excluding carboxylic acids is 1. The molecule has 0 aromatic carbocycles. The number of aliphatic hydroxyl groups is 2. The maximum atomic E-state index is 10.5. The van der Waals surface area contributed by atoms with E-state index in [4.69, 9.17) is 15.9 Å². The molecule has 0 aliphatic carbocycles. The van der Waals surface area contributed by atoms with Gasteiger partial charge in [-0.3, -0.25) is 9.78 Å². The number of carbonyl (C=O) groups is 1. The van der Waals surface area contributed by atoms with Crippen LogP contribution in [0.25, 0.3) is 0 Å². The number of aliphatic hydroxyl groups excluding tert-OH is 2. The molecule has 0 spiro atoms. The van der Waals surface area contributed by atoms with E-state index in [1.165, 1.54) is 12.1 Å². The lowest BCUT2D eigenvalue weighted by Gasteiger charge is -2.13. The maximum Gasteiger partial charge on any atom is 0.249 e. The van der Waals surface area contributed by atoms with Gasteiger partial charge < -0.3 is 21.1 Å². The zero-order chi connectivity index (χ0) is 10.7. The van der Waals surface area contributed by atoms with Crippen LogP contribution in [-0.2, 0) is 4.79 Å². The zero-order valence-corrected chi connectivity index (χ0v) is 7.16. The van der Waals surface area contributed by atoms with Crippen molar-refractivity contribution in [2.75, 3.05) is 0 Å². The van der Waals surface area contributed by atoms with Crippen LogP contribution in [0, 0.1) is 0 Å². The van der Waals surface area contributed by atoms with Gasteiger partial charge in [0.25, 0.3) is 0 Å². The standard InChI is InChI=1S/C8H10N2O4/c9-8(14)7(13)6(12)5-2-1-4(11)3-10-5/h1-3,6-7,11-13H,(H2,9,14). The molecule has 0 fully saturated rings. The van der Waals surface area contributed by atoms with Crippen molar-refractivity contribution in [2.45, 2.75) is 12.2 Å². The van der Waals surface area contributed by atoms with Gasteiger partial charge in [-0.15, -0.1) is 0 Å². The van der Waals surface area contributed by atoms with Gasteiger partial charge in [0.15, 0.2) is 6.10 Å². The summed E-state index contributed by atoms with van der Waals surface area (Å²) in [6.45, 7) is 0. The molecule has 2 atom stereocenters. The van der Waals surface area contributed by atoms with Gasteiger partial charge >= 0.3 is 0 Å². The van der Waals surface area contributed by atoms with Crippen LogP contribution < -0.4 is 5.73 Å². The van der Waals surface area contributed by atoms with Gasteiger partial charge in [0, 0.05) is 0 Å². The van der Waals surface area contributed by atoms with Crippen LogP contribution in [0.1, 0.15) is 11.8 Å². The number of pyridine rings is 1. The van der Waals surface area contributed by atoms with Gasteiger partial charge in [0.2, 0.25) is 5.91 Å². The Morgan fingerprint density at radius 1 is 1.43 bits per heavy atom. The topological polar surface area (TPSA) is 117 Å². The summed E-state index contributed by atoms with van der Waals surface area (Å²) >= 11 is 0. The first kappa shape index (κ1) is 10.4. The number of aromatic hydroxyl groups is 1. The van der Waals surface area contributed by atoms with E-state index in [2.05, 4.69) is 4.98 Å². The number of aromatic nitrogens is 1. The number of nitrogens with zero attached hydrogens (tertiary/aromatic N) is 1. The molecule has 0 aliphatic heterocycles. The molecule has 2 unspecified atom stereocenters. The van der Waals surface area contributed by atoms with Gasteiger partial charge in [-0.2, -0.15) is 0 Å². The highest BCUT2D eigenvalue weighted by molar-refractivity contribution is 5.79. The van der Waals surface area contributed by atoms with Crippen LogP contribution in [0.3, 0.4) is 0 Å². The summed E-state index contributed by atoms with van der Waals surface area (Å²) < 4.78 is 0. The van der Waals surface area contributed by atoms with E-state index in [0.717, 1.165) is 6.20 Å². The van der Waals surface area contributed by atoms with Crippen LogP contribution in [0.15, 0.2) is 18.3 Å². The van der Waals surface area contributed by atoms with Crippen LogP contribution in [0.5, 0.6) is 5.75 Å². The van der Waals surface area contributed by atoms with Crippen LogP contribution in [0.4, 0.5) is 0 Å². The van der Waals surface area contributed by atoms with Crippen molar-refractivity contribution in [3.63, 3.8) is 0 Å². The Bertz CT molecular complexity index is 325. The van der Waals surface area contributed by atoms with E-state index < -0.39 is 18.1 Å². The fraction of sp³-hybridized carbons (Fsp3) is 0.250. The number of hydrogen-bond acceptors (Lipinski definition) is 5. The second kappa shape index (κ2) is 4.03. The highest BCUT2D eigenvalue weighted by Gasteiger charge is 2.24. The summed E-state index contributed by atoms with van der Waals surface area (Å²) in [6.07, 6.45) is -2.09. The molecule has 0 saturated heterocycles. The van der Waals surface area contributed by atoms with Crippen LogP contribution in [-0.4, -0.2) is 32.3 Å². The molecule has 0 aliphatic rings. The van der Waals surface area contributed by atoms with Crippen molar-refractivity contribution in [1.29, 1.82) is 0 Å². The molecule has 1 heterocycles. The Morgan fingerprint density at radius 2 is 2.07 bits per heavy atom. The minimum atomic E-state index is -1.70. The average Bonchev–Trinajstić information content (AvgIpc) is 2.16. The monoisotopic (exact) mass is 198 g/mol. The fourth-order valence-electron chi connectivity index (χ4n) is 0.890. The second-order valence-electron chi connectivity index (χ2n) is 2.73. The minimum Gasteiger partial charge on any atom is -0.506 e. The number of nitrogens with two attached hydrogens (primary N) is 1. The van der Waals surface area contributed by atoms with Crippen molar-refractivity contribution in [3.05, 3.63) is 24.0 Å². The van der Waals surface area contributed by atoms with Gasteiger partial charge in [0.05, 0.1) is 11.9 Å². The number of primary amides is 1. The summed E-state index contributed by atoms with van der Waals surface area (Å²) in [6, 6.07) is 2.56. The molecule has 1 rings (SSSR count). The van der Waals surface area contributed by atoms with E-state index in [0.29, 0.717) is 0 Å². The van der Waals surface area contributed by atoms with E-state index >= 15 is 0 Å². The van der Waals surface area contributed by atoms with Gasteiger partial charge in [-0.25, -0.2) is 0 Å². The number of hydrogen-bond donors (Lipinski definition) is 4. The molecule has 0 saturated carbocycles. The first-order chi connectivity index (χ1) is 6.52. The molecule has 1 aromatic rings. The van der Waals surface area contributed by atoms with Gasteiger partial charge in [0.1, 0.15) is 11.9 Å². The zero-order valence-electron chi connectivity index (χ0n) is 7.16. The van der Waals surface area contributed by atoms with Crippen molar-refractivity contribution in [2.24, 2.45) is 5.73 Å². The predicted molar refractivity (Wildman–Crippen MR) is 46.1 cm³/mol. The fourth-order valence-corrected chi connectivity index (χ4v) is 0.890. The van der Waals surface area contributed by atoms with Crippen molar-refractivity contribution in [3.8, 4) is 5.75 Å². The Labute approximate surface area is 79.6 Å². The Morgan fingerprint density at radius 3 is 2.50 bits per heavy atom. The van der Waals surface area contributed by atoms with Gasteiger partial charge in [-0.1, -0.05) is 0 Å². The summed E-state index contributed by atoms with van der Waals surface area (Å²) in [7, 11) is 0. The third kappa shape index (κ3) is 2.18. The molecular formula is C8H10N2O4. The molecule has 76 valence electrons. The van der Waals surface area contributed by atoms with E-state index in [1.807, 2.05) is 0 Å². The smallest absolute Gasteiger partial charge is 0.249 e. The Balaban J connectivity index is 2.84. The summed E-state index contributed by atoms with van der Waals surface area (Å²) in [5.74, 6) is -1.11. The molecule has 0 bridgehead atoms. The van der Waals surface area contributed by atoms with E-state index in [9.17, 15) is 9.90 Å². The summed E-state index contributed by atoms with van der Waals surface area (Å²) in [5, 5.41) is 27.3. The molecule has 5 N–H and O–H groups in total. The lowest BCUT2D eigenvalue weighted by Crippen LogP contribution is -2.34. The Hall–Kier alpha value is -1.66. The number of amides is 1. The van der Waals surface area contributed by atoms with Crippen LogP contribution in [0.2, 0.25) is 0 Å². The molecule has 6 heteroatoms. The SMILES string of the molecule is NC(=O)C(O)C(O)c1ccc(O)cn1. The predicted octanol–water partition coefficient (Wildman–Crippen LogP) is -1.33. The molecule has 1 aromatic heterocycles. The minimum absolute atomic E-state index is 0.0640. The van der Waals surface area contributed by atoms with Crippen molar-refractivity contribution < 1.29 is 20.1 Å². The lowest BCUT2D eigenvalue weighted by atomic mass is 10.1. The number of rotatable bonds is 3. The maximum absolute atomic E-state index is 10.5. The third-order valence-corrected chi connectivity index (χ3v) is 1.66. The summed E-state index contributed by atoms with van der Waals surface area (Å²) in [5.41, 5.74) is 4.84. The average molecular weight is 198 g/mol. The largest absolute Gasteiger partial charge is 0.506 e. The highest BCUT2D eigenvalue weighted by atomic mass is 16.3.